The molecule has 0 spiro atoms. The molecule has 2 N–H and O–H groups in total. The maximum Gasteiger partial charge on any atom is 0.335 e. The molecule has 1 aliphatic heterocycles. The van der Waals surface area contributed by atoms with E-state index < -0.39 is 11.4 Å². The van der Waals surface area contributed by atoms with Crippen LogP contribution in [0.3, 0.4) is 0 Å². The van der Waals surface area contributed by atoms with Crippen LogP contribution >= 0.6 is 0 Å². The van der Waals surface area contributed by atoms with Crippen molar-refractivity contribution in [3.63, 3.8) is 0 Å². The van der Waals surface area contributed by atoms with Crippen LogP contribution in [0.1, 0.15) is 42.3 Å². The number of carbonyl (C=O) groups excluding carboxylic acids is 2. The zero-order valence-corrected chi connectivity index (χ0v) is 13.7. The van der Waals surface area contributed by atoms with Gasteiger partial charge in [-0.05, 0) is 29.7 Å². The molecule has 2 amide bonds. The van der Waals surface area contributed by atoms with E-state index in [4.69, 9.17) is 5.11 Å². The third-order valence-corrected chi connectivity index (χ3v) is 3.90. The SMILES string of the molecule is CC(C)(C)C(=O)NCC(=O)N1CCc2ccc(C(=O)O)cc2C1. The molecule has 1 aromatic carbocycles. The molecule has 0 aromatic heterocycles. The van der Waals surface area contributed by atoms with Crippen molar-refractivity contribution in [2.75, 3.05) is 13.1 Å². The van der Waals surface area contributed by atoms with Gasteiger partial charge >= 0.3 is 5.97 Å². The van der Waals surface area contributed by atoms with Gasteiger partial charge in [0.2, 0.25) is 11.8 Å². The number of hydrogen-bond acceptors (Lipinski definition) is 3. The molecule has 6 nitrogen and oxygen atoms in total. The molecule has 0 saturated heterocycles. The fourth-order valence-electron chi connectivity index (χ4n) is 2.44. The van der Waals surface area contributed by atoms with Crippen LogP contribution in [0.25, 0.3) is 0 Å². The standard InChI is InChI=1S/C17H22N2O4/c1-17(2,3)16(23)18-9-14(20)19-7-6-11-4-5-12(15(21)22)8-13(11)10-19/h4-5,8H,6-7,9-10H2,1-3H3,(H,18,23)(H,21,22). The summed E-state index contributed by atoms with van der Waals surface area (Å²) in [5.41, 5.74) is 1.61. The first kappa shape index (κ1) is 17.0. The number of carbonyl (C=O) groups is 3. The summed E-state index contributed by atoms with van der Waals surface area (Å²) in [7, 11) is 0. The second kappa shape index (κ2) is 6.40. The van der Waals surface area contributed by atoms with E-state index in [1.165, 1.54) is 0 Å². The number of carboxylic acid groups (broad SMARTS) is 1. The minimum atomic E-state index is -0.978. The molecule has 124 valence electrons. The van der Waals surface area contributed by atoms with E-state index in [0.29, 0.717) is 19.5 Å². The number of benzene rings is 1. The highest BCUT2D eigenvalue weighted by Gasteiger charge is 2.25. The van der Waals surface area contributed by atoms with Crippen molar-refractivity contribution >= 4 is 17.8 Å². The molecular formula is C17H22N2O4. The normalized spacial score (nSPS) is 14.1. The molecule has 0 fully saturated rings. The largest absolute Gasteiger partial charge is 0.478 e. The van der Waals surface area contributed by atoms with Crippen LogP contribution in [0, 0.1) is 5.41 Å². The molecule has 0 radical (unpaired) electrons. The van der Waals surface area contributed by atoms with E-state index in [2.05, 4.69) is 5.32 Å². The minimum Gasteiger partial charge on any atom is -0.478 e. The van der Waals surface area contributed by atoms with E-state index >= 15 is 0 Å². The first-order valence-corrected chi connectivity index (χ1v) is 7.59. The van der Waals surface area contributed by atoms with Gasteiger partial charge in [0.25, 0.3) is 0 Å². The van der Waals surface area contributed by atoms with Gasteiger partial charge in [-0.1, -0.05) is 26.8 Å². The number of nitrogens with zero attached hydrogens (tertiary/aromatic N) is 1. The lowest BCUT2D eigenvalue weighted by molar-refractivity contribution is -0.135. The van der Waals surface area contributed by atoms with Gasteiger partial charge in [0, 0.05) is 18.5 Å². The quantitative estimate of drug-likeness (QED) is 0.883. The first-order chi connectivity index (χ1) is 10.7. The van der Waals surface area contributed by atoms with Crippen molar-refractivity contribution in [2.24, 2.45) is 5.41 Å². The van der Waals surface area contributed by atoms with Crippen LogP contribution in [-0.4, -0.2) is 40.9 Å². The zero-order valence-electron chi connectivity index (χ0n) is 13.7. The predicted molar refractivity (Wildman–Crippen MR) is 85.0 cm³/mol. The van der Waals surface area contributed by atoms with E-state index in [1.54, 1.807) is 37.8 Å². The first-order valence-electron chi connectivity index (χ1n) is 7.59. The van der Waals surface area contributed by atoms with Gasteiger partial charge in [0.1, 0.15) is 0 Å². The Labute approximate surface area is 135 Å². The van der Waals surface area contributed by atoms with Crippen LogP contribution < -0.4 is 5.32 Å². The van der Waals surface area contributed by atoms with Gasteiger partial charge < -0.3 is 15.3 Å². The summed E-state index contributed by atoms with van der Waals surface area (Å²) < 4.78 is 0. The highest BCUT2D eigenvalue weighted by molar-refractivity contribution is 5.88. The monoisotopic (exact) mass is 318 g/mol. The summed E-state index contributed by atoms with van der Waals surface area (Å²) in [5.74, 6) is -1.31. The number of carboxylic acids is 1. The lowest BCUT2D eigenvalue weighted by Crippen LogP contribution is -2.45. The van der Waals surface area contributed by atoms with Crippen LogP contribution in [0.5, 0.6) is 0 Å². The van der Waals surface area contributed by atoms with Crippen molar-refractivity contribution in [2.45, 2.75) is 33.7 Å². The van der Waals surface area contributed by atoms with Crippen molar-refractivity contribution in [3.8, 4) is 0 Å². The Kier molecular flexibility index (Phi) is 4.73. The van der Waals surface area contributed by atoms with Gasteiger partial charge in [-0.2, -0.15) is 0 Å². The van der Waals surface area contributed by atoms with Crippen molar-refractivity contribution in [1.82, 2.24) is 10.2 Å². The van der Waals surface area contributed by atoms with Gasteiger partial charge in [-0.3, -0.25) is 9.59 Å². The highest BCUT2D eigenvalue weighted by Crippen LogP contribution is 2.20. The Hall–Kier alpha value is -2.37. The molecule has 6 heteroatoms. The summed E-state index contributed by atoms with van der Waals surface area (Å²) in [6.07, 6.45) is 0.689. The summed E-state index contributed by atoms with van der Waals surface area (Å²) >= 11 is 0. The second-order valence-corrected chi connectivity index (χ2v) is 6.79. The number of fused-ring (bicyclic) bond motifs is 1. The molecular weight excluding hydrogens is 296 g/mol. The fourth-order valence-corrected chi connectivity index (χ4v) is 2.44. The topological polar surface area (TPSA) is 86.7 Å². The highest BCUT2D eigenvalue weighted by atomic mass is 16.4. The molecule has 2 rings (SSSR count). The number of amides is 2. The summed E-state index contributed by atoms with van der Waals surface area (Å²) in [5, 5.41) is 11.7. The molecule has 1 heterocycles. The lowest BCUT2D eigenvalue weighted by atomic mass is 9.95. The number of rotatable bonds is 3. The van der Waals surface area contributed by atoms with Gasteiger partial charge in [0.15, 0.2) is 0 Å². The summed E-state index contributed by atoms with van der Waals surface area (Å²) in [6.45, 7) is 6.28. The average Bonchev–Trinajstić information content (AvgIpc) is 2.50. The van der Waals surface area contributed by atoms with Gasteiger partial charge in [-0.15, -0.1) is 0 Å². The molecule has 1 aromatic rings. The van der Waals surface area contributed by atoms with E-state index in [1.807, 2.05) is 6.07 Å². The average molecular weight is 318 g/mol. The minimum absolute atomic E-state index is 0.0376. The third kappa shape index (κ3) is 4.09. The van der Waals surface area contributed by atoms with Crippen LogP contribution in [-0.2, 0) is 22.6 Å². The Balaban J connectivity index is 2.01. The lowest BCUT2D eigenvalue weighted by Gasteiger charge is -2.29. The van der Waals surface area contributed by atoms with Crippen LogP contribution in [0.15, 0.2) is 18.2 Å². The van der Waals surface area contributed by atoms with Crippen molar-refractivity contribution in [3.05, 3.63) is 34.9 Å². The smallest absolute Gasteiger partial charge is 0.335 e. The van der Waals surface area contributed by atoms with E-state index in [9.17, 15) is 14.4 Å². The zero-order chi connectivity index (χ0) is 17.2. The van der Waals surface area contributed by atoms with Crippen molar-refractivity contribution in [1.29, 1.82) is 0 Å². The fraction of sp³-hybridized carbons (Fsp3) is 0.471. The molecule has 0 saturated carbocycles. The number of nitrogens with one attached hydrogen (secondary N) is 1. The predicted octanol–water partition coefficient (Wildman–Crippen LogP) is 1.43. The van der Waals surface area contributed by atoms with Crippen molar-refractivity contribution < 1.29 is 19.5 Å². The second-order valence-electron chi connectivity index (χ2n) is 6.79. The molecule has 1 aliphatic rings. The number of hydrogen-bond donors (Lipinski definition) is 2. The Morgan fingerprint density at radius 1 is 1.22 bits per heavy atom. The van der Waals surface area contributed by atoms with Crippen LogP contribution in [0.4, 0.5) is 0 Å². The van der Waals surface area contributed by atoms with Gasteiger partial charge in [-0.25, -0.2) is 4.79 Å². The summed E-state index contributed by atoms with van der Waals surface area (Å²) in [4.78, 5) is 36.8. The summed E-state index contributed by atoms with van der Waals surface area (Å²) in [6, 6.07) is 5.01. The molecule has 0 unspecified atom stereocenters. The van der Waals surface area contributed by atoms with Gasteiger partial charge in [0.05, 0.1) is 12.1 Å². The third-order valence-electron chi connectivity index (χ3n) is 3.90. The van der Waals surface area contributed by atoms with E-state index in [-0.39, 0.29) is 23.9 Å². The Bertz CT molecular complexity index is 646. The maximum absolute atomic E-state index is 12.3. The number of aromatic carboxylic acids is 1. The molecule has 0 aliphatic carbocycles. The van der Waals surface area contributed by atoms with E-state index in [0.717, 1.165) is 11.1 Å². The molecule has 23 heavy (non-hydrogen) atoms. The maximum atomic E-state index is 12.3. The Morgan fingerprint density at radius 3 is 2.52 bits per heavy atom. The molecule has 0 atom stereocenters. The molecule has 0 bridgehead atoms. The van der Waals surface area contributed by atoms with Crippen LogP contribution in [0.2, 0.25) is 0 Å². The Morgan fingerprint density at radius 2 is 1.91 bits per heavy atom.